The lowest BCUT2D eigenvalue weighted by molar-refractivity contribution is -0.254. The van der Waals surface area contributed by atoms with Gasteiger partial charge in [-0.05, 0) is 81.6 Å². The van der Waals surface area contributed by atoms with Gasteiger partial charge in [0.05, 0.1) is 22.4 Å². The number of carboxylic acid groups (broad SMARTS) is 2. The van der Waals surface area contributed by atoms with Crippen LogP contribution in [0.2, 0.25) is 0 Å². The maximum Gasteiger partial charge on any atom is 0.320 e. The van der Waals surface area contributed by atoms with Crippen LogP contribution in [-0.4, -0.2) is 65.3 Å². The number of ketones is 1. The minimum Gasteiger partial charge on any atom is -0.544 e. The number of anilines is 1. The van der Waals surface area contributed by atoms with Gasteiger partial charge in [-0.1, -0.05) is 38.3 Å². The number of aromatic carboxylic acids is 1. The Hall–Kier alpha value is -3.49. The van der Waals surface area contributed by atoms with Crippen molar-refractivity contribution in [2.45, 2.75) is 64.0 Å². The fourth-order valence-corrected chi connectivity index (χ4v) is 6.80. The second-order valence-electron chi connectivity index (χ2n) is 11.5. The monoisotopic (exact) mass is 656 g/mol. The second kappa shape index (κ2) is 17.3. The Morgan fingerprint density at radius 2 is 1.78 bits per heavy atom. The number of nitrogens with zero attached hydrogens (tertiary/aromatic N) is 2. The molecule has 0 aliphatic heterocycles. The first-order valence-electron chi connectivity index (χ1n) is 15.0. The highest BCUT2D eigenvalue weighted by atomic mass is 32.1. The van der Waals surface area contributed by atoms with Crippen LogP contribution in [-0.2, 0) is 9.59 Å². The molecule has 4 rings (SSSR count). The van der Waals surface area contributed by atoms with E-state index in [1.807, 2.05) is 26.2 Å². The summed E-state index contributed by atoms with van der Waals surface area (Å²) in [5.74, 6) is -1.86. The summed E-state index contributed by atoms with van der Waals surface area (Å²) in [5, 5.41) is 24.8. The number of amides is 1. The van der Waals surface area contributed by atoms with Gasteiger partial charge in [0.1, 0.15) is 11.7 Å². The smallest absolute Gasteiger partial charge is 0.320 e. The van der Waals surface area contributed by atoms with E-state index in [4.69, 9.17) is 16.6 Å². The summed E-state index contributed by atoms with van der Waals surface area (Å²) in [6, 6.07) is 7.60. The van der Waals surface area contributed by atoms with Crippen molar-refractivity contribution in [3.8, 4) is 10.4 Å². The van der Waals surface area contributed by atoms with Gasteiger partial charge in [-0.25, -0.2) is 4.98 Å². The van der Waals surface area contributed by atoms with E-state index in [1.165, 1.54) is 11.3 Å². The largest absolute Gasteiger partial charge is 0.544 e. The maximum absolute atomic E-state index is 13.5. The second-order valence-corrected chi connectivity index (χ2v) is 13.3. The minimum absolute atomic E-state index is 0.0582. The van der Waals surface area contributed by atoms with E-state index < -0.39 is 24.0 Å². The molecule has 1 aliphatic carbocycles. The lowest BCUT2D eigenvalue weighted by Gasteiger charge is -2.31. The van der Waals surface area contributed by atoms with E-state index in [0.717, 1.165) is 60.3 Å². The summed E-state index contributed by atoms with van der Waals surface area (Å²) in [7, 11) is 3.62. The third-order valence-corrected chi connectivity index (χ3v) is 9.59. The van der Waals surface area contributed by atoms with Gasteiger partial charge in [-0.3, -0.25) is 19.3 Å². The van der Waals surface area contributed by atoms with Crippen molar-refractivity contribution in [1.29, 1.82) is 0 Å². The van der Waals surface area contributed by atoms with Gasteiger partial charge < -0.3 is 31.8 Å². The Kier molecular flexibility index (Phi) is 13.8. The van der Waals surface area contributed by atoms with Crippen molar-refractivity contribution in [1.82, 2.24) is 9.88 Å². The number of aromatic nitrogens is 1. The first-order chi connectivity index (χ1) is 21.4. The number of likely N-dealkylation sites (N-methyl/N-ethyl adjacent to an activating group) is 1. The molecule has 1 aromatic carbocycles. The molecule has 2 unspecified atom stereocenters. The number of carbonyl (C=O) groups excluding carboxylic acids is 3. The summed E-state index contributed by atoms with van der Waals surface area (Å²) in [5.41, 5.74) is 14.3. The number of nitrogens with two attached hydrogens (primary N) is 2. The average Bonchev–Trinajstić information content (AvgIpc) is 3.70. The predicted molar refractivity (Wildman–Crippen MR) is 175 cm³/mol. The highest BCUT2D eigenvalue weighted by Gasteiger charge is 2.34. The number of unbranched alkanes of at least 4 members (excludes halogenated alkanes) is 1. The zero-order valence-corrected chi connectivity index (χ0v) is 27.5. The molecule has 244 valence electrons. The van der Waals surface area contributed by atoms with Crippen LogP contribution < -0.4 is 21.9 Å². The number of Topliss-reactive ketones (excluding diaryl/α,β-unsaturated/α-hetero) is 1. The van der Waals surface area contributed by atoms with E-state index in [1.54, 1.807) is 34.0 Å². The van der Waals surface area contributed by atoms with Crippen molar-refractivity contribution in [3.05, 3.63) is 57.4 Å². The van der Waals surface area contributed by atoms with Gasteiger partial charge in [-0.15, -0.1) is 22.7 Å². The van der Waals surface area contributed by atoms with Crippen LogP contribution in [0.3, 0.4) is 0 Å². The number of carboxylic acids is 2. The number of rotatable bonds is 13. The number of thiazole rings is 1. The molecule has 13 heteroatoms. The summed E-state index contributed by atoms with van der Waals surface area (Å²) in [4.78, 5) is 54.5. The first kappa shape index (κ1) is 36.0. The topological polar surface area (TPSA) is 192 Å². The van der Waals surface area contributed by atoms with Crippen LogP contribution in [0.4, 0.5) is 5.69 Å². The number of thiophene rings is 1. The van der Waals surface area contributed by atoms with Gasteiger partial charge in [0, 0.05) is 21.9 Å². The molecular weight excluding hydrogens is 615 g/mol. The number of hydrogen-bond acceptors (Lipinski definition) is 11. The van der Waals surface area contributed by atoms with Crippen LogP contribution >= 0.6 is 22.7 Å². The highest BCUT2D eigenvalue weighted by Crippen LogP contribution is 2.40. The van der Waals surface area contributed by atoms with Crippen molar-refractivity contribution in [2.24, 2.45) is 23.3 Å². The Balaban J connectivity index is 0.000000477. The normalized spacial score (nSPS) is 17.6. The highest BCUT2D eigenvalue weighted by molar-refractivity contribution is 7.17. The maximum atomic E-state index is 13.5. The van der Waals surface area contributed by atoms with Crippen LogP contribution in [0.5, 0.6) is 0 Å². The van der Waals surface area contributed by atoms with E-state index in [2.05, 4.69) is 17.2 Å². The molecule has 0 radical (unpaired) electrons. The van der Waals surface area contributed by atoms with Gasteiger partial charge in [-0.2, -0.15) is 0 Å². The Morgan fingerprint density at radius 3 is 2.31 bits per heavy atom. The quantitative estimate of drug-likeness (QED) is 0.195. The summed E-state index contributed by atoms with van der Waals surface area (Å²) in [6.45, 7) is 2.81. The number of hydrogen-bond donors (Lipinski definition) is 4. The lowest BCUT2D eigenvalue weighted by atomic mass is 9.78. The van der Waals surface area contributed by atoms with Crippen molar-refractivity contribution in [3.63, 3.8) is 0 Å². The molecule has 45 heavy (non-hydrogen) atoms. The number of aliphatic carboxylic acids is 1. The Bertz CT molecular complexity index is 1420. The van der Waals surface area contributed by atoms with Crippen molar-refractivity contribution in [2.75, 3.05) is 26.0 Å². The van der Waals surface area contributed by atoms with E-state index in [0.29, 0.717) is 35.8 Å². The summed E-state index contributed by atoms with van der Waals surface area (Å²) >= 11 is 2.46. The molecule has 1 saturated carbocycles. The van der Waals surface area contributed by atoms with E-state index in [9.17, 15) is 24.3 Å². The molecule has 1 fully saturated rings. The molecule has 1 aliphatic rings. The Labute approximate surface area is 271 Å². The van der Waals surface area contributed by atoms with E-state index >= 15 is 0 Å². The minimum atomic E-state index is -1.28. The fourth-order valence-electron chi connectivity index (χ4n) is 5.23. The van der Waals surface area contributed by atoms with E-state index in [-0.39, 0.29) is 22.5 Å². The zero-order valence-electron chi connectivity index (χ0n) is 25.9. The van der Waals surface area contributed by atoms with Crippen molar-refractivity contribution < 1.29 is 29.4 Å². The molecule has 2 heterocycles. The first-order valence-corrected chi connectivity index (χ1v) is 16.7. The average molecular weight is 657 g/mol. The lowest BCUT2D eigenvalue weighted by Crippen LogP contribution is -2.35. The van der Waals surface area contributed by atoms with Crippen LogP contribution in [0, 0.1) is 11.8 Å². The SMILES string of the molecule is CC1CCC(C(=O)C(c2cc(-c3ccc(NC(=O)c4cscn4)cc3)sc2C(=O)[O-])N(C)C)CC1.NCCCCC(N)C(=O)O. The van der Waals surface area contributed by atoms with Crippen LogP contribution in [0.25, 0.3) is 10.4 Å². The van der Waals surface area contributed by atoms with Gasteiger partial charge >= 0.3 is 5.97 Å². The Morgan fingerprint density at radius 1 is 1.11 bits per heavy atom. The summed E-state index contributed by atoms with van der Waals surface area (Å²) in [6.07, 6.45) is 5.89. The fraction of sp³-hybridized carbons (Fsp3) is 0.469. The molecule has 2 atom stereocenters. The number of benzene rings is 1. The molecular formula is C32H42N5O6S2-. The predicted octanol–water partition coefficient (Wildman–Crippen LogP) is 4.01. The molecule has 11 nitrogen and oxygen atoms in total. The molecule has 2 aromatic heterocycles. The van der Waals surface area contributed by atoms with Gasteiger partial charge in [0.2, 0.25) is 0 Å². The van der Waals surface area contributed by atoms with Gasteiger partial charge in [0.25, 0.3) is 5.91 Å². The molecule has 1 amide bonds. The number of nitrogens with one attached hydrogen (secondary N) is 1. The van der Waals surface area contributed by atoms with Gasteiger partial charge in [0.15, 0.2) is 5.78 Å². The zero-order chi connectivity index (χ0) is 33.1. The van der Waals surface area contributed by atoms with Crippen LogP contribution in [0.15, 0.2) is 41.2 Å². The van der Waals surface area contributed by atoms with Crippen LogP contribution in [0.1, 0.15) is 83.6 Å². The third kappa shape index (κ3) is 10.3. The van der Waals surface area contributed by atoms with Crippen molar-refractivity contribution >= 4 is 52.0 Å². The molecule has 3 aromatic rings. The standard InChI is InChI=1S/C26H29N3O4S2.C6H14N2O2/c1-15-4-6-17(7-5-15)23(30)22(29(2)3)19-12-21(35-24(19)26(32)33)16-8-10-18(11-9-16)28-25(31)20-13-34-14-27-20;7-4-2-1-3-5(8)6(9)10/h8-15,17,22H,4-7H2,1-3H3,(H,28,31)(H,32,33);5H,1-4,7-8H2,(H,9,10)/p-1. The summed E-state index contributed by atoms with van der Waals surface area (Å²) < 4.78 is 0. The third-order valence-electron chi connectivity index (χ3n) is 7.82. The molecule has 0 bridgehead atoms. The molecule has 0 saturated heterocycles. The number of carbonyl (C=O) groups is 4. The molecule has 0 spiro atoms. The molecule has 6 N–H and O–H groups in total.